The van der Waals surface area contributed by atoms with E-state index >= 15 is 0 Å². The fraction of sp³-hybridized carbons (Fsp3) is 0.312. The molecule has 0 radical (unpaired) electrons. The predicted octanol–water partition coefficient (Wildman–Crippen LogP) is 3.46. The van der Waals surface area contributed by atoms with Gasteiger partial charge in [-0.05, 0) is 37.6 Å². The van der Waals surface area contributed by atoms with Gasteiger partial charge in [0.25, 0.3) is 0 Å². The minimum absolute atomic E-state index is 0.181. The molecule has 1 aromatic heterocycles. The van der Waals surface area contributed by atoms with Crippen LogP contribution in [0.15, 0.2) is 46.9 Å². The highest BCUT2D eigenvalue weighted by Crippen LogP contribution is 2.18. The number of carbonyl (C=O) groups is 1. The number of rotatable bonds is 7. The van der Waals surface area contributed by atoms with Crippen LogP contribution < -0.4 is 4.90 Å². The molecule has 0 bridgehead atoms. The van der Waals surface area contributed by atoms with Gasteiger partial charge in [-0.3, -0.25) is 4.79 Å². The maximum atomic E-state index is 10.6. The first-order valence-corrected chi connectivity index (χ1v) is 6.72. The number of hydrogen-bond acceptors (Lipinski definition) is 3. The van der Waals surface area contributed by atoms with Crippen molar-refractivity contribution in [3.05, 3.63) is 54.0 Å². The van der Waals surface area contributed by atoms with Crippen LogP contribution >= 0.6 is 0 Å². The molecule has 0 atom stereocenters. The van der Waals surface area contributed by atoms with E-state index in [1.54, 1.807) is 0 Å². The molecule has 4 nitrogen and oxygen atoms in total. The van der Waals surface area contributed by atoms with Crippen molar-refractivity contribution in [2.45, 2.75) is 26.3 Å². The smallest absolute Gasteiger partial charge is 0.303 e. The maximum absolute atomic E-state index is 10.6. The molecular weight excluding hydrogens is 254 g/mol. The van der Waals surface area contributed by atoms with Crippen molar-refractivity contribution in [1.82, 2.24) is 0 Å². The molecule has 2 aromatic rings. The third kappa shape index (κ3) is 4.16. The second kappa shape index (κ2) is 6.80. The summed E-state index contributed by atoms with van der Waals surface area (Å²) in [6.45, 7) is 3.26. The van der Waals surface area contributed by atoms with Gasteiger partial charge in [-0.25, -0.2) is 0 Å². The summed E-state index contributed by atoms with van der Waals surface area (Å²) in [5, 5.41) is 8.75. The lowest BCUT2D eigenvalue weighted by Crippen LogP contribution is -2.24. The molecule has 2 rings (SSSR count). The molecule has 0 aliphatic rings. The Hall–Kier alpha value is -2.23. The third-order valence-corrected chi connectivity index (χ3v) is 3.08. The van der Waals surface area contributed by atoms with E-state index in [4.69, 9.17) is 9.52 Å². The molecule has 0 saturated carbocycles. The Morgan fingerprint density at radius 2 is 1.95 bits per heavy atom. The van der Waals surface area contributed by atoms with Crippen molar-refractivity contribution in [2.75, 3.05) is 11.4 Å². The molecule has 1 heterocycles. The van der Waals surface area contributed by atoms with E-state index in [9.17, 15) is 4.79 Å². The van der Waals surface area contributed by atoms with Gasteiger partial charge in [-0.15, -0.1) is 0 Å². The van der Waals surface area contributed by atoms with Gasteiger partial charge < -0.3 is 14.4 Å². The minimum atomic E-state index is -0.758. The van der Waals surface area contributed by atoms with E-state index in [1.165, 1.54) is 0 Å². The minimum Gasteiger partial charge on any atom is -0.481 e. The summed E-state index contributed by atoms with van der Waals surface area (Å²) in [6, 6.07) is 13.9. The van der Waals surface area contributed by atoms with Gasteiger partial charge in [0, 0.05) is 18.7 Å². The fourth-order valence-electron chi connectivity index (χ4n) is 2.12. The largest absolute Gasteiger partial charge is 0.481 e. The van der Waals surface area contributed by atoms with Crippen LogP contribution in [-0.4, -0.2) is 17.6 Å². The number of aliphatic carboxylic acids is 1. The average molecular weight is 273 g/mol. The Kier molecular flexibility index (Phi) is 4.82. The van der Waals surface area contributed by atoms with Gasteiger partial charge in [0.15, 0.2) is 0 Å². The van der Waals surface area contributed by atoms with Crippen LogP contribution in [0.5, 0.6) is 0 Å². The van der Waals surface area contributed by atoms with Crippen molar-refractivity contribution in [3.8, 4) is 0 Å². The molecule has 0 amide bonds. The number of nitrogens with zero attached hydrogens (tertiary/aromatic N) is 1. The zero-order valence-corrected chi connectivity index (χ0v) is 11.6. The standard InChI is InChI=1S/C16H19NO3/c1-13-9-10-15(20-13)12-17(11-5-8-16(18)19)14-6-3-2-4-7-14/h2-4,6-7,9-10H,5,8,11-12H2,1H3,(H,18,19). The fourth-order valence-corrected chi connectivity index (χ4v) is 2.12. The monoisotopic (exact) mass is 273 g/mol. The Balaban J connectivity index is 2.05. The Labute approximate surface area is 118 Å². The van der Waals surface area contributed by atoms with E-state index < -0.39 is 5.97 Å². The van der Waals surface area contributed by atoms with Gasteiger partial charge in [-0.2, -0.15) is 0 Å². The first-order chi connectivity index (χ1) is 9.65. The van der Waals surface area contributed by atoms with E-state index in [2.05, 4.69) is 4.90 Å². The second-order valence-corrected chi connectivity index (χ2v) is 4.77. The van der Waals surface area contributed by atoms with E-state index in [0.29, 0.717) is 19.5 Å². The van der Waals surface area contributed by atoms with Crippen LogP contribution in [0.4, 0.5) is 5.69 Å². The van der Waals surface area contributed by atoms with E-state index in [1.807, 2.05) is 49.4 Å². The van der Waals surface area contributed by atoms with Crippen molar-refractivity contribution in [2.24, 2.45) is 0 Å². The highest BCUT2D eigenvalue weighted by molar-refractivity contribution is 5.66. The summed E-state index contributed by atoms with van der Waals surface area (Å²) < 4.78 is 5.60. The van der Waals surface area contributed by atoms with Crippen LogP contribution in [0.3, 0.4) is 0 Å². The summed E-state index contributed by atoms with van der Waals surface area (Å²) in [4.78, 5) is 12.8. The van der Waals surface area contributed by atoms with Gasteiger partial charge in [0.2, 0.25) is 0 Å². The Morgan fingerprint density at radius 1 is 1.20 bits per heavy atom. The zero-order valence-electron chi connectivity index (χ0n) is 11.6. The summed E-state index contributed by atoms with van der Waals surface area (Å²) >= 11 is 0. The average Bonchev–Trinajstić information content (AvgIpc) is 2.84. The normalized spacial score (nSPS) is 10.4. The molecule has 0 fully saturated rings. The van der Waals surface area contributed by atoms with Gasteiger partial charge >= 0.3 is 5.97 Å². The molecule has 20 heavy (non-hydrogen) atoms. The predicted molar refractivity (Wildman–Crippen MR) is 77.8 cm³/mol. The molecule has 106 valence electrons. The molecule has 1 aromatic carbocycles. The molecule has 0 saturated heterocycles. The number of aryl methyl sites for hydroxylation is 1. The maximum Gasteiger partial charge on any atom is 0.303 e. The topological polar surface area (TPSA) is 53.7 Å². The van der Waals surface area contributed by atoms with Crippen molar-refractivity contribution >= 4 is 11.7 Å². The molecular formula is C16H19NO3. The SMILES string of the molecule is Cc1ccc(CN(CCCC(=O)O)c2ccccc2)o1. The van der Waals surface area contributed by atoms with E-state index in [0.717, 1.165) is 17.2 Å². The number of anilines is 1. The van der Waals surface area contributed by atoms with Crippen molar-refractivity contribution in [1.29, 1.82) is 0 Å². The molecule has 0 spiro atoms. The van der Waals surface area contributed by atoms with Crippen LogP contribution in [0, 0.1) is 6.92 Å². The third-order valence-electron chi connectivity index (χ3n) is 3.08. The Morgan fingerprint density at radius 3 is 2.55 bits per heavy atom. The van der Waals surface area contributed by atoms with Crippen LogP contribution in [0.25, 0.3) is 0 Å². The van der Waals surface area contributed by atoms with Gasteiger partial charge in [-0.1, -0.05) is 18.2 Å². The van der Waals surface area contributed by atoms with Crippen molar-refractivity contribution in [3.63, 3.8) is 0 Å². The molecule has 0 aliphatic heterocycles. The first-order valence-electron chi connectivity index (χ1n) is 6.72. The van der Waals surface area contributed by atoms with E-state index in [-0.39, 0.29) is 6.42 Å². The molecule has 4 heteroatoms. The molecule has 0 aliphatic carbocycles. The first kappa shape index (κ1) is 14.2. The van der Waals surface area contributed by atoms with Crippen LogP contribution in [0.2, 0.25) is 0 Å². The lowest BCUT2D eigenvalue weighted by Gasteiger charge is -2.23. The lowest BCUT2D eigenvalue weighted by molar-refractivity contribution is -0.137. The number of para-hydroxylation sites is 1. The van der Waals surface area contributed by atoms with Gasteiger partial charge in [0.05, 0.1) is 6.54 Å². The van der Waals surface area contributed by atoms with Crippen LogP contribution in [-0.2, 0) is 11.3 Å². The number of carboxylic acid groups (broad SMARTS) is 1. The quantitative estimate of drug-likeness (QED) is 0.839. The number of furan rings is 1. The number of hydrogen-bond donors (Lipinski definition) is 1. The zero-order chi connectivity index (χ0) is 14.4. The lowest BCUT2D eigenvalue weighted by atomic mass is 10.2. The second-order valence-electron chi connectivity index (χ2n) is 4.77. The number of benzene rings is 1. The van der Waals surface area contributed by atoms with Crippen molar-refractivity contribution < 1.29 is 14.3 Å². The number of carboxylic acids is 1. The highest BCUT2D eigenvalue weighted by Gasteiger charge is 2.10. The van der Waals surface area contributed by atoms with Gasteiger partial charge in [0.1, 0.15) is 11.5 Å². The summed E-state index contributed by atoms with van der Waals surface area (Å²) in [6.07, 6.45) is 0.796. The molecule has 0 unspecified atom stereocenters. The Bertz CT molecular complexity index is 548. The highest BCUT2D eigenvalue weighted by atomic mass is 16.4. The summed E-state index contributed by atoms with van der Waals surface area (Å²) in [5.41, 5.74) is 1.08. The molecule has 1 N–H and O–H groups in total. The summed E-state index contributed by atoms with van der Waals surface area (Å²) in [5.74, 6) is 1.02. The van der Waals surface area contributed by atoms with Crippen LogP contribution in [0.1, 0.15) is 24.4 Å². The summed E-state index contributed by atoms with van der Waals surface area (Å²) in [7, 11) is 0.